The number of fused-ring (bicyclic) bond motifs is 2. The molecule has 1 amide bonds. The zero-order valence-electron chi connectivity index (χ0n) is 19.9. The molecule has 0 aliphatic carbocycles. The van der Waals surface area contributed by atoms with E-state index in [4.69, 9.17) is 10.00 Å². The maximum Gasteiger partial charge on any atom is 0.219 e. The van der Waals surface area contributed by atoms with Crippen LogP contribution in [-0.2, 0) is 9.53 Å². The van der Waals surface area contributed by atoms with Crippen LogP contribution in [0.25, 0.3) is 0 Å². The lowest BCUT2D eigenvalue weighted by Gasteiger charge is -2.46. The van der Waals surface area contributed by atoms with Crippen LogP contribution in [0.2, 0.25) is 0 Å². The van der Waals surface area contributed by atoms with E-state index in [0.29, 0.717) is 17.8 Å². The summed E-state index contributed by atoms with van der Waals surface area (Å²) < 4.78 is 6.24. The molecule has 3 saturated heterocycles. The predicted molar refractivity (Wildman–Crippen MR) is 129 cm³/mol. The van der Waals surface area contributed by atoms with Crippen LogP contribution in [0.5, 0.6) is 0 Å². The summed E-state index contributed by atoms with van der Waals surface area (Å²) in [5, 5.41) is 12.3. The van der Waals surface area contributed by atoms with E-state index >= 15 is 0 Å². The van der Waals surface area contributed by atoms with Crippen LogP contribution in [0.3, 0.4) is 0 Å². The first-order valence-electron chi connectivity index (χ1n) is 12.4. The van der Waals surface area contributed by atoms with Crippen molar-refractivity contribution in [2.24, 2.45) is 0 Å². The van der Waals surface area contributed by atoms with E-state index in [1.165, 1.54) is 6.42 Å². The van der Waals surface area contributed by atoms with Crippen LogP contribution in [0.15, 0.2) is 24.3 Å². The number of piperazine rings is 1. The molecule has 3 heterocycles. The second-order valence-corrected chi connectivity index (χ2v) is 9.57. The SMILES string of the molecule is CC(=O)N1CCN(CCCN2CC3CN(CCCNc4ccc(C#N)cc4)CC(C2)O3)CC1. The number of carbonyl (C=O) groups is 1. The molecule has 3 aliphatic rings. The average molecular weight is 455 g/mol. The maximum atomic E-state index is 11.5. The molecule has 0 radical (unpaired) electrons. The Bertz CT molecular complexity index is 788. The van der Waals surface area contributed by atoms with Crippen molar-refractivity contribution in [2.45, 2.75) is 32.0 Å². The Balaban J connectivity index is 1.09. The number of nitrogens with one attached hydrogen (secondary N) is 1. The number of ether oxygens (including phenoxy) is 1. The van der Waals surface area contributed by atoms with Crippen LogP contribution < -0.4 is 5.32 Å². The molecule has 1 N–H and O–H groups in total. The molecule has 180 valence electrons. The van der Waals surface area contributed by atoms with Gasteiger partial charge in [-0.25, -0.2) is 0 Å². The summed E-state index contributed by atoms with van der Waals surface area (Å²) in [5.41, 5.74) is 1.77. The Labute approximate surface area is 198 Å². The fourth-order valence-corrected chi connectivity index (χ4v) is 5.23. The van der Waals surface area contributed by atoms with Crippen molar-refractivity contribution in [1.29, 1.82) is 5.26 Å². The number of hydrogen-bond donors (Lipinski definition) is 1. The van der Waals surface area contributed by atoms with Crippen LogP contribution in [0.4, 0.5) is 5.69 Å². The second-order valence-electron chi connectivity index (χ2n) is 9.57. The number of anilines is 1. The van der Waals surface area contributed by atoms with Gasteiger partial charge in [-0.15, -0.1) is 0 Å². The summed E-state index contributed by atoms with van der Waals surface area (Å²) in [7, 11) is 0. The van der Waals surface area contributed by atoms with Crippen LogP contribution in [0.1, 0.15) is 25.3 Å². The van der Waals surface area contributed by atoms with Crippen molar-refractivity contribution in [1.82, 2.24) is 19.6 Å². The van der Waals surface area contributed by atoms with Crippen LogP contribution >= 0.6 is 0 Å². The Hall–Kier alpha value is -2.18. The van der Waals surface area contributed by atoms with Gasteiger partial charge in [0.15, 0.2) is 0 Å². The van der Waals surface area contributed by atoms with Crippen LogP contribution in [0, 0.1) is 11.3 Å². The van der Waals surface area contributed by atoms with Gasteiger partial charge in [0.05, 0.1) is 23.8 Å². The summed E-state index contributed by atoms with van der Waals surface area (Å²) in [6.45, 7) is 13.8. The summed E-state index contributed by atoms with van der Waals surface area (Å²) >= 11 is 0. The van der Waals surface area contributed by atoms with Gasteiger partial charge < -0.3 is 15.0 Å². The van der Waals surface area contributed by atoms with Gasteiger partial charge in [0.2, 0.25) is 5.91 Å². The smallest absolute Gasteiger partial charge is 0.219 e. The zero-order chi connectivity index (χ0) is 23.0. The van der Waals surface area contributed by atoms with E-state index in [9.17, 15) is 4.79 Å². The molecule has 4 rings (SSSR count). The molecule has 2 bridgehead atoms. The molecule has 8 heteroatoms. The Morgan fingerprint density at radius 2 is 1.52 bits per heavy atom. The minimum atomic E-state index is 0.200. The van der Waals surface area contributed by atoms with Gasteiger partial charge in [0.25, 0.3) is 0 Å². The molecule has 0 saturated carbocycles. The van der Waals surface area contributed by atoms with Gasteiger partial charge in [0, 0.05) is 78.1 Å². The monoisotopic (exact) mass is 454 g/mol. The molecule has 2 unspecified atom stereocenters. The van der Waals surface area contributed by atoms with Crippen molar-refractivity contribution in [3.05, 3.63) is 29.8 Å². The number of morpholine rings is 2. The fourth-order valence-electron chi connectivity index (χ4n) is 5.23. The van der Waals surface area contributed by atoms with Gasteiger partial charge in [-0.05, 0) is 50.2 Å². The zero-order valence-corrected chi connectivity index (χ0v) is 19.9. The highest BCUT2D eigenvalue weighted by atomic mass is 16.5. The number of carbonyl (C=O) groups excluding carboxylic acids is 1. The van der Waals surface area contributed by atoms with E-state index < -0.39 is 0 Å². The van der Waals surface area contributed by atoms with E-state index in [2.05, 4.69) is 26.1 Å². The molecule has 3 aliphatic heterocycles. The highest BCUT2D eigenvalue weighted by Gasteiger charge is 2.34. The highest BCUT2D eigenvalue weighted by Crippen LogP contribution is 2.20. The minimum absolute atomic E-state index is 0.200. The van der Waals surface area contributed by atoms with Gasteiger partial charge in [-0.2, -0.15) is 5.26 Å². The molecule has 1 aromatic rings. The highest BCUT2D eigenvalue weighted by molar-refractivity contribution is 5.73. The normalized spacial score (nSPS) is 24.4. The molecule has 0 spiro atoms. The van der Waals surface area contributed by atoms with Crippen molar-refractivity contribution in [3.8, 4) is 6.07 Å². The summed E-state index contributed by atoms with van der Waals surface area (Å²) in [6.07, 6.45) is 2.93. The predicted octanol–water partition coefficient (Wildman–Crippen LogP) is 1.30. The Morgan fingerprint density at radius 1 is 0.939 bits per heavy atom. The minimum Gasteiger partial charge on any atom is -0.385 e. The van der Waals surface area contributed by atoms with E-state index in [-0.39, 0.29) is 5.91 Å². The first-order valence-corrected chi connectivity index (χ1v) is 12.4. The van der Waals surface area contributed by atoms with E-state index in [1.807, 2.05) is 29.2 Å². The second kappa shape index (κ2) is 11.8. The van der Waals surface area contributed by atoms with Crippen molar-refractivity contribution in [3.63, 3.8) is 0 Å². The largest absolute Gasteiger partial charge is 0.385 e. The van der Waals surface area contributed by atoms with Crippen molar-refractivity contribution < 1.29 is 9.53 Å². The molecule has 8 nitrogen and oxygen atoms in total. The number of benzene rings is 1. The van der Waals surface area contributed by atoms with E-state index in [1.54, 1.807) is 6.92 Å². The Kier molecular flexibility index (Phi) is 8.57. The van der Waals surface area contributed by atoms with Gasteiger partial charge >= 0.3 is 0 Å². The maximum absolute atomic E-state index is 11.5. The fraction of sp³-hybridized carbons (Fsp3) is 0.680. The first kappa shape index (κ1) is 24.0. The third-order valence-electron chi connectivity index (χ3n) is 6.99. The Morgan fingerprint density at radius 3 is 2.09 bits per heavy atom. The number of amides is 1. The number of hydrogen-bond acceptors (Lipinski definition) is 7. The number of rotatable bonds is 9. The molecule has 3 fully saturated rings. The van der Waals surface area contributed by atoms with Crippen LogP contribution in [-0.4, -0.2) is 116 Å². The van der Waals surface area contributed by atoms with Crippen molar-refractivity contribution in [2.75, 3.05) is 83.9 Å². The summed E-state index contributed by atoms with van der Waals surface area (Å²) in [4.78, 5) is 21.1. The summed E-state index contributed by atoms with van der Waals surface area (Å²) in [6, 6.07) is 9.80. The van der Waals surface area contributed by atoms with Gasteiger partial charge in [-0.3, -0.25) is 19.5 Å². The number of nitrogens with zero attached hydrogens (tertiary/aromatic N) is 5. The molecule has 33 heavy (non-hydrogen) atoms. The van der Waals surface area contributed by atoms with Crippen molar-refractivity contribution >= 4 is 11.6 Å². The van der Waals surface area contributed by atoms with Gasteiger partial charge in [0.1, 0.15) is 0 Å². The first-order chi connectivity index (χ1) is 16.1. The standard InChI is InChI=1S/C25H38N6O2/c1-21(32)31-14-12-28(13-15-31)10-3-11-30-19-24-17-29(18-25(20-30)33-24)9-2-8-27-23-6-4-22(16-26)5-7-23/h4-7,24-25,27H,2-3,8-15,17-20H2,1H3. The molecular formula is C25H38N6O2. The molecular weight excluding hydrogens is 416 g/mol. The number of nitriles is 1. The average Bonchev–Trinajstić information content (AvgIpc) is 2.82. The molecule has 1 aromatic carbocycles. The molecule has 2 atom stereocenters. The third kappa shape index (κ3) is 7.15. The topological polar surface area (TPSA) is 75.1 Å². The van der Waals surface area contributed by atoms with E-state index in [0.717, 1.165) is 90.6 Å². The van der Waals surface area contributed by atoms with Gasteiger partial charge in [-0.1, -0.05) is 0 Å². The summed E-state index contributed by atoms with van der Waals surface area (Å²) in [5.74, 6) is 0.200. The third-order valence-corrected chi connectivity index (χ3v) is 6.99. The lowest BCUT2D eigenvalue weighted by atomic mass is 10.1. The lowest BCUT2D eigenvalue weighted by molar-refractivity contribution is -0.138. The quantitative estimate of drug-likeness (QED) is 0.564. The molecule has 0 aromatic heterocycles. The lowest BCUT2D eigenvalue weighted by Crippen LogP contribution is -2.59.